The summed E-state index contributed by atoms with van der Waals surface area (Å²) in [6.07, 6.45) is 4.29. The van der Waals surface area contributed by atoms with Crippen molar-refractivity contribution in [3.05, 3.63) is 0 Å². The molecular formula is C9H16O2. The standard InChI is InChI=1S/C9H16O2/c1-2-11-8-3-4-9(8)5-6-10-7-9/h8H,2-7H2,1H3. The van der Waals surface area contributed by atoms with Gasteiger partial charge in [-0.3, -0.25) is 0 Å². The van der Waals surface area contributed by atoms with Gasteiger partial charge in [0.1, 0.15) is 0 Å². The molecule has 1 heterocycles. The first-order chi connectivity index (χ1) is 5.37. The van der Waals surface area contributed by atoms with Crippen LogP contribution in [0.3, 0.4) is 0 Å². The zero-order chi connectivity index (χ0) is 7.73. The van der Waals surface area contributed by atoms with Crippen molar-refractivity contribution in [1.82, 2.24) is 0 Å². The van der Waals surface area contributed by atoms with Gasteiger partial charge in [0.2, 0.25) is 0 Å². The third-order valence-electron chi connectivity index (χ3n) is 3.09. The molecule has 0 aromatic heterocycles. The molecule has 0 N–H and O–H groups in total. The fourth-order valence-corrected chi connectivity index (χ4v) is 2.21. The van der Waals surface area contributed by atoms with E-state index in [1.807, 2.05) is 0 Å². The van der Waals surface area contributed by atoms with Gasteiger partial charge in [-0.25, -0.2) is 0 Å². The molecule has 2 atom stereocenters. The van der Waals surface area contributed by atoms with Crippen molar-refractivity contribution in [2.24, 2.45) is 5.41 Å². The van der Waals surface area contributed by atoms with E-state index in [9.17, 15) is 0 Å². The summed E-state index contributed by atoms with van der Waals surface area (Å²) in [6.45, 7) is 4.81. The average Bonchev–Trinajstić information content (AvgIpc) is 2.48. The van der Waals surface area contributed by atoms with Crippen molar-refractivity contribution >= 4 is 0 Å². The van der Waals surface area contributed by atoms with Crippen molar-refractivity contribution in [3.63, 3.8) is 0 Å². The highest BCUT2D eigenvalue weighted by Crippen LogP contribution is 2.48. The molecule has 2 nitrogen and oxygen atoms in total. The van der Waals surface area contributed by atoms with Crippen molar-refractivity contribution < 1.29 is 9.47 Å². The second-order valence-electron chi connectivity index (χ2n) is 3.65. The van der Waals surface area contributed by atoms with E-state index in [1.54, 1.807) is 0 Å². The van der Waals surface area contributed by atoms with Gasteiger partial charge in [0.05, 0.1) is 12.7 Å². The van der Waals surface area contributed by atoms with Crippen LogP contribution in [-0.2, 0) is 9.47 Å². The molecule has 2 fully saturated rings. The molecule has 0 amide bonds. The minimum atomic E-state index is 0.440. The Hall–Kier alpha value is -0.0800. The molecule has 64 valence electrons. The van der Waals surface area contributed by atoms with Gasteiger partial charge < -0.3 is 9.47 Å². The van der Waals surface area contributed by atoms with Crippen molar-refractivity contribution in [3.8, 4) is 0 Å². The maximum atomic E-state index is 5.64. The molecule has 1 saturated heterocycles. The molecule has 0 bridgehead atoms. The highest BCUT2D eigenvalue weighted by atomic mass is 16.5. The van der Waals surface area contributed by atoms with Gasteiger partial charge in [0.15, 0.2) is 0 Å². The Morgan fingerprint density at radius 3 is 2.91 bits per heavy atom. The van der Waals surface area contributed by atoms with Crippen LogP contribution in [0.15, 0.2) is 0 Å². The Labute approximate surface area is 67.9 Å². The molecule has 2 rings (SSSR count). The minimum absolute atomic E-state index is 0.440. The van der Waals surface area contributed by atoms with E-state index >= 15 is 0 Å². The van der Waals surface area contributed by atoms with Crippen LogP contribution in [0.2, 0.25) is 0 Å². The molecule has 0 aromatic carbocycles. The van der Waals surface area contributed by atoms with Crippen LogP contribution >= 0.6 is 0 Å². The van der Waals surface area contributed by atoms with Gasteiger partial charge in [0, 0.05) is 18.6 Å². The molecule has 1 aliphatic carbocycles. The topological polar surface area (TPSA) is 18.5 Å². The largest absolute Gasteiger partial charge is 0.381 e. The van der Waals surface area contributed by atoms with Crippen molar-refractivity contribution in [2.75, 3.05) is 19.8 Å². The van der Waals surface area contributed by atoms with Crippen LogP contribution in [0, 0.1) is 5.41 Å². The molecule has 2 aliphatic rings. The second kappa shape index (κ2) is 2.76. The van der Waals surface area contributed by atoms with Gasteiger partial charge in [0.25, 0.3) is 0 Å². The van der Waals surface area contributed by atoms with Crippen LogP contribution < -0.4 is 0 Å². The summed E-state index contributed by atoms with van der Waals surface area (Å²) in [4.78, 5) is 0. The third-order valence-corrected chi connectivity index (χ3v) is 3.09. The second-order valence-corrected chi connectivity index (χ2v) is 3.65. The van der Waals surface area contributed by atoms with Crippen LogP contribution in [0.5, 0.6) is 0 Å². The van der Waals surface area contributed by atoms with E-state index in [2.05, 4.69) is 6.92 Å². The Kier molecular flexibility index (Phi) is 1.90. The van der Waals surface area contributed by atoms with E-state index in [1.165, 1.54) is 19.3 Å². The van der Waals surface area contributed by atoms with Crippen LogP contribution in [0.4, 0.5) is 0 Å². The lowest BCUT2D eigenvalue weighted by molar-refractivity contribution is -0.108. The van der Waals surface area contributed by atoms with E-state index in [4.69, 9.17) is 9.47 Å². The molecular weight excluding hydrogens is 140 g/mol. The van der Waals surface area contributed by atoms with Gasteiger partial charge in [-0.05, 0) is 26.2 Å². The summed E-state index contributed by atoms with van der Waals surface area (Å²) in [7, 11) is 0. The fourth-order valence-electron chi connectivity index (χ4n) is 2.21. The summed E-state index contributed by atoms with van der Waals surface area (Å²) in [5.74, 6) is 0. The van der Waals surface area contributed by atoms with Crippen molar-refractivity contribution in [2.45, 2.75) is 32.3 Å². The predicted octanol–water partition coefficient (Wildman–Crippen LogP) is 1.59. The zero-order valence-corrected chi connectivity index (χ0v) is 7.14. The number of hydrogen-bond acceptors (Lipinski definition) is 2. The molecule has 1 saturated carbocycles. The summed E-state index contributed by atoms with van der Waals surface area (Å²) in [6, 6.07) is 0. The minimum Gasteiger partial charge on any atom is -0.381 e. The predicted molar refractivity (Wildman–Crippen MR) is 42.5 cm³/mol. The molecule has 1 aliphatic heterocycles. The highest BCUT2D eigenvalue weighted by Gasteiger charge is 2.49. The highest BCUT2D eigenvalue weighted by molar-refractivity contribution is 4.99. The molecule has 2 heteroatoms. The number of hydrogen-bond donors (Lipinski definition) is 0. The first-order valence-corrected chi connectivity index (χ1v) is 4.57. The smallest absolute Gasteiger partial charge is 0.0654 e. The normalized spacial score (nSPS) is 42.8. The number of rotatable bonds is 2. The van der Waals surface area contributed by atoms with Crippen LogP contribution in [0.25, 0.3) is 0 Å². The van der Waals surface area contributed by atoms with E-state index in [0.717, 1.165) is 19.8 Å². The summed E-state index contributed by atoms with van der Waals surface area (Å²) < 4.78 is 11.0. The van der Waals surface area contributed by atoms with Crippen LogP contribution in [-0.4, -0.2) is 25.9 Å². The van der Waals surface area contributed by atoms with Gasteiger partial charge in [-0.2, -0.15) is 0 Å². The van der Waals surface area contributed by atoms with E-state index in [-0.39, 0.29) is 0 Å². The lowest BCUT2D eigenvalue weighted by Gasteiger charge is -2.45. The SMILES string of the molecule is CCOC1CCC12CCOC2. The lowest BCUT2D eigenvalue weighted by atomic mass is 9.65. The molecule has 11 heavy (non-hydrogen) atoms. The maximum absolute atomic E-state index is 5.64. The van der Waals surface area contributed by atoms with Crippen LogP contribution in [0.1, 0.15) is 26.2 Å². The Morgan fingerprint density at radius 2 is 2.45 bits per heavy atom. The van der Waals surface area contributed by atoms with Gasteiger partial charge in [-0.1, -0.05) is 0 Å². The number of ether oxygens (including phenoxy) is 2. The van der Waals surface area contributed by atoms with Gasteiger partial charge in [-0.15, -0.1) is 0 Å². The Balaban J connectivity index is 1.92. The lowest BCUT2D eigenvalue weighted by Crippen LogP contribution is -2.47. The Bertz CT molecular complexity index is 138. The molecule has 0 aromatic rings. The first kappa shape index (κ1) is 7.56. The van der Waals surface area contributed by atoms with E-state index in [0.29, 0.717) is 11.5 Å². The Morgan fingerprint density at radius 1 is 1.55 bits per heavy atom. The average molecular weight is 156 g/mol. The monoisotopic (exact) mass is 156 g/mol. The van der Waals surface area contributed by atoms with E-state index < -0.39 is 0 Å². The van der Waals surface area contributed by atoms with Gasteiger partial charge >= 0.3 is 0 Å². The first-order valence-electron chi connectivity index (χ1n) is 4.57. The quantitative estimate of drug-likeness (QED) is 0.604. The maximum Gasteiger partial charge on any atom is 0.0654 e. The molecule has 2 unspecified atom stereocenters. The van der Waals surface area contributed by atoms with Crippen molar-refractivity contribution in [1.29, 1.82) is 0 Å². The zero-order valence-electron chi connectivity index (χ0n) is 7.14. The molecule has 0 radical (unpaired) electrons. The summed E-state index contributed by atoms with van der Waals surface area (Å²) in [5.41, 5.74) is 0.440. The summed E-state index contributed by atoms with van der Waals surface area (Å²) in [5, 5.41) is 0. The summed E-state index contributed by atoms with van der Waals surface area (Å²) >= 11 is 0. The fraction of sp³-hybridized carbons (Fsp3) is 1.00. The third kappa shape index (κ3) is 1.09. The molecule has 1 spiro atoms.